The Labute approximate surface area is 136 Å². The fourth-order valence-electron chi connectivity index (χ4n) is 2.60. The Morgan fingerprint density at radius 3 is 1.87 bits per heavy atom. The molecule has 114 valence electrons. The summed E-state index contributed by atoms with van der Waals surface area (Å²) in [5.41, 5.74) is 2.97. The van der Waals surface area contributed by atoms with Crippen molar-refractivity contribution in [3.8, 4) is 0 Å². The molecule has 0 aliphatic rings. The number of para-hydroxylation sites is 1. The zero-order valence-corrected chi connectivity index (χ0v) is 12.9. The molecular formula is C21H19NO. The van der Waals surface area contributed by atoms with E-state index in [-0.39, 0.29) is 11.8 Å². The quantitative estimate of drug-likeness (QED) is 0.718. The molecule has 0 saturated carbocycles. The molecule has 0 bridgehead atoms. The van der Waals surface area contributed by atoms with Crippen LogP contribution >= 0.6 is 0 Å². The first-order chi connectivity index (χ1) is 11.3. The van der Waals surface area contributed by atoms with Crippen molar-refractivity contribution in [3.05, 3.63) is 102 Å². The largest absolute Gasteiger partial charge is 0.372 e. The molecule has 3 aromatic carbocycles. The van der Waals surface area contributed by atoms with Crippen LogP contribution in [0.5, 0.6) is 0 Å². The lowest BCUT2D eigenvalue weighted by Crippen LogP contribution is -2.22. The van der Waals surface area contributed by atoms with Crippen molar-refractivity contribution >= 4 is 11.5 Å². The van der Waals surface area contributed by atoms with E-state index in [4.69, 9.17) is 0 Å². The average Bonchev–Trinajstić information content (AvgIpc) is 2.62. The van der Waals surface area contributed by atoms with Gasteiger partial charge in [0.15, 0.2) is 5.78 Å². The van der Waals surface area contributed by atoms with Gasteiger partial charge in [-0.2, -0.15) is 0 Å². The Bertz CT molecular complexity index is 739. The molecule has 3 rings (SSSR count). The van der Waals surface area contributed by atoms with Gasteiger partial charge in [-0.25, -0.2) is 0 Å². The van der Waals surface area contributed by atoms with Crippen LogP contribution in [-0.2, 0) is 11.2 Å². The summed E-state index contributed by atoms with van der Waals surface area (Å²) < 4.78 is 0. The molecular weight excluding hydrogens is 282 g/mol. The van der Waals surface area contributed by atoms with E-state index in [1.165, 1.54) is 0 Å². The van der Waals surface area contributed by atoms with E-state index in [9.17, 15) is 4.79 Å². The molecule has 2 nitrogen and oxygen atoms in total. The minimum Gasteiger partial charge on any atom is -0.372 e. The number of rotatable bonds is 6. The molecule has 0 aliphatic heterocycles. The summed E-state index contributed by atoms with van der Waals surface area (Å²) in [6.07, 6.45) is 0.417. The van der Waals surface area contributed by atoms with Crippen LogP contribution in [0.2, 0.25) is 0 Å². The number of anilines is 1. The number of hydrogen-bond donors (Lipinski definition) is 1. The van der Waals surface area contributed by atoms with Crippen molar-refractivity contribution in [1.82, 2.24) is 0 Å². The molecule has 0 unspecified atom stereocenters. The van der Waals surface area contributed by atoms with Gasteiger partial charge in [-0.05, 0) is 23.3 Å². The topological polar surface area (TPSA) is 29.1 Å². The molecule has 0 radical (unpaired) electrons. The predicted octanol–water partition coefficient (Wildman–Crippen LogP) is 4.65. The number of hydrogen-bond acceptors (Lipinski definition) is 2. The summed E-state index contributed by atoms with van der Waals surface area (Å²) in [7, 11) is 0. The van der Waals surface area contributed by atoms with Gasteiger partial charge in [0.05, 0.1) is 0 Å². The van der Waals surface area contributed by atoms with E-state index in [0.29, 0.717) is 6.42 Å². The van der Waals surface area contributed by atoms with Crippen molar-refractivity contribution in [1.29, 1.82) is 0 Å². The predicted molar refractivity (Wildman–Crippen MR) is 94.4 cm³/mol. The highest BCUT2D eigenvalue weighted by molar-refractivity contribution is 5.89. The summed E-state index contributed by atoms with van der Waals surface area (Å²) in [6.45, 7) is 0. The van der Waals surface area contributed by atoms with Crippen LogP contribution in [0, 0.1) is 0 Å². The lowest BCUT2D eigenvalue weighted by molar-refractivity contribution is -0.119. The summed E-state index contributed by atoms with van der Waals surface area (Å²) >= 11 is 0. The van der Waals surface area contributed by atoms with Gasteiger partial charge >= 0.3 is 0 Å². The molecule has 23 heavy (non-hydrogen) atoms. The maximum absolute atomic E-state index is 12.9. The van der Waals surface area contributed by atoms with Crippen LogP contribution in [0.1, 0.15) is 17.2 Å². The van der Waals surface area contributed by atoms with Crippen LogP contribution in [-0.4, -0.2) is 5.78 Å². The van der Waals surface area contributed by atoms with Crippen molar-refractivity contribution < 1.29 is 4.79 Å². The van der Waals surface area contributed by atoms with E-state index >= 15 is 0 Å². The summed E-state index contributed by atoms with van der Waals surface area (Å²) in [5, 5.41) is 3.37. The molecule has 0 saturated heterocycles. The van der Waals surface area contributed by atoms with Crippen LogP contribution in [0.25, 0.3) is 0 Å². The lowest BCUT2D eigenvalue weighted by Gasteiger charge is -2.19. The Kier molecular flexibility index (Phi) is 4.85. The minimum atomic E-state index is -0.348. The van der Waals surface area contributed by atoms with Crippen molar-refractivity contribution in [3.63, 3.8) is 0 Å². The zero-order valence-electron chi connectivity index (χ0n) is 12.9. The second kappa shape index (κ2) is 7.41. The van der Waals surface area contributed by atoms with Gasteiger partial charge in [-0.15, -0.1) is 0 Å². The standard InChI is InChI=1S/C21H19NO/c23-20(16-17-10-4-1-5-11-17)21(18-12-6-2-7-13-18)22-19-14-8-3-9-15-19/h1-15,21-22H,16H2/t21-/m0/s1. The van der Waals surface area contributed by atoms with Crippen molar-refractivity contribution in [2.75, 3.05) is 5.32 Å². The molecule has 0 aliphatic carbocycles. The number of carbonyl (C=O) groups excluding carboxylic acids is 1. The smallest absolute Gasteiger partial charge is 0.163 e. The number of carbonyl (C=O) groups is 1. The molecule has 0 spiro atoms. The van der Waals surface area contributed by atoms with Gasteiger partial charge in [0.1, 0.15) is 6.04 Å². The van der Waals surface area contributed by atoms with Crippen LogP contribution in [0.4, 0.5) is 5.69 Å². The first-order valence-electron chi connectivity index (χ1n) is 7.76. The molecule has 0 amide bonds. The van der Waals surface area contributed by atoms with Crippen LogP contribution in [0.15, 0.2) is 91.0 Å². The van der Waals surface area contributed by atoms with Crippen LogP contribution < -0.4 is 5.32 Å². The van der Waals surface area contributed by atoms with Crippen LogP contribution in [0.3, 0.4) is 0 Å². The van der Waals surface area contributed by atoms with E-state index in [2.05, 4.69) is 5.32 Å². The Balaban J connectivity index is 1.84. The van der Waals surface area contributed by atoms with E-state index < -0.39 is 0 Å². The lowest BCUT2D eigenvalue weighted by atomic mass is 9.97. The first-order valence-corrected chi connectivity index (χ1v) is 7.76. The Morgan fingerprint density at radius 1 is 0.739 bits per heavy atom. The minimum absolute atomic E-state index is 0.159. The highest BCUT2D eigenvalue weighted by Crippen LogP contribution is 2.22. The zero-order chi connectivity index (χ0) is 15.9. The normalized spacial score (nSPS) is 11.7. The fourth-order valence-corrected chi connectivity index (χ4v) is 2.60. The SMILES string of the molecule is O=C(Cc1ccccc1)[C@@H](Nc1ccccc1)c1ccccc1. The van der Waals surface area contributed by atoms with E-state index in [0.717, 1.165) is 16.8 Å². The van der Waals surface area contributed by atoms with Crippen molar-refractivity contribution in [2.45, 2.75) is 12.5 Å². The highest BCUT2D eigenvalue weighted by atomic mass is 16.1. The Morgan fingerprint density at radius 2 is 1.26 bits per heavy atom. The monoisotopic (exact) mass is 301 g/mol. The average molecular weight is 301 g/mol. The first kappa shape index (κ1) is 15.0. The second-order valence-corrected chi connectivity index (χ2v) is 5.48. The molecule has 3 aromatic rings. The second-order valence-electron chi connectivity index (χ2n) is 5.48. The maximum Gasteiger partial charge on any atom is 0.163 e. The van der Waals surface area contributed by atoms with Gasteiger partial charge in [-0.3, -0.25) is 4.79 Å². The summed E-state index contributed by atoms with van der Waals surface area (Å²) in [4.78, 5) is 12.9. The molecule has 0 heterocycles. The maximum atomic E-state index is 12.9. The van der Waals surface area contributed by atoms with Gasteiger partial charge in [0, 0.05) is 12.1 Å². The van der Waals surface area contributed by atoms with Gasteiger partial charge in [0.2, 0.25) is 0 Å². The van der Waals surface area contributed by atoms with Gasteiger partial charge < -0.3 is 5.32 Å². The third-order valence-corrected chi connectivity index (χ3v) is 3.76. The molecule has 0 fully saturated rings. The van der Waals surface area contributed by atoms with Crippen molar-refractivity contribution in [2.24, 2.45) is 0 Å². The van der Waals surface area contributed by atoms with Gasteiger partial charge in [-0.1, -0.05) is 78.9 Å². The number of nitrogens with one attached hydrogen (secondary N) is 1. The fraction of sp³-hybridized carbons (Fsp3) is 0.0952. The van der Waals surface area contributed by atoms with E-state index in [1.807, 2.05) is 91.0 Å². The molecule has 0 aromatic heterocycles. The Hall–Kier alpha value is -2.87. The third kappa shape index (κ3) is 4.07. The third-order valence-electron chi connectivity index (χ3n) is 3.76. The number of benzene rings is 3. The number of ketones is 1. The number of Topliss-reactive ketones (excluding diaryl/α,β-unsaturated/α-hetero) is 1. The van der Waals surface area contributed by atoms with Gasteiger partial charge in [0.25, 0.3) is 0 Å². The van der Waals surface area contributed by atoms with E-state index in [1.54, 1.807) is 0 Å². The molecule has 1 N–H and O–H groups in total. The molecule has 1 atom stereocenters. The summed E-state index contributed by atoms with van der Waals surface area (Å²) in [6, 6.07) is 29.2. The summed E-state index contributed by atoms with van der Waals surface area (Å²) in [5.74, 6) is 0.159. The highest BCUT2D eigenvalue weighted by Gasteiger charge is 2.20. The molecule has 2 heteroatoms.